The number of nitrogens with zero attached hydrogens (tertiary/aromatic N) is 1. The maximum atomic E-state index is 12.6. The summed E-state index contributed by atoms with van der Waals surface area (Å²) in [5.74, 6) is 0.572. The second-order valence-electron chi connectivity index (χ2n) is 5.57. The zero-order chi connectivity index (χ0) is 15.3. The standard InChI is InChI=1S/C15H22ClNO2S2/c1-2-10-17(11-14-8-9-15(16)20-14)21(18,19)12-13-6-4-3-5-7-13/h2,8-9,13H,1,3-7,10-12H2. The lowest BCUT2D eigenvalue weighted by Crippen LogP contribution is -2.35. The van der Waals surface area contributed by atoms with Crippen LogP contribution in [0.1, 0.15) is 37.0 Å². The van der Waals surface area contributed by atoms with Gasteiger partial charge in [0.2, 0.25) is 10.0 Å². The van der Waals surface area contributed by atoms with E-state index in [0.717, 1.165) is 30.6 Å². The smallest absolute Gasteiger partial charge is 0.212 e. The monoisotopic (exact) mass is 347 g/mol. The van der Waals surface area contributed by atoms with Crippen molar-refractivity contribution in [3.63, 3.8) is 0 Å². The van der Waals surface area contributed by atoms with Crippen molar-refractivity contribution < 1.29 is 8.42 Å². The fourth-order valence-electron chi connectivity index (χ4n) is 2.79. The third-order valence-electron chi connectivity index (χ3n) is 3.86. The highest BCUT2D eigenvalue weighted by atomic mass is 35.5. The predicted octanol–water partition coefficient (Wildman–Crippen LogP) is 4.30. The quantitative estimate of drug-likeness (QED) is 0.689. The molecule has 1 aromatic heterocycles. The van der Waals surface area contributed by atoms with Crippen LogP contribution in [0.3, 0.4) is 0 Å². The summed E-state index contributed by atoms with van der Waals surface area (Å²) in [5, 5.41) is 0. The average molecular weight is 348 g/mol. The first kappa shape index (κ1) is 17.0. The van der Waals surface area contributed by atoms with Crippen LogP contribution in [-0.2, 0) is 16.6 Å². The van der Waals surface area contributed by atoms with Crippen LogP contribution >= 0.6 is 22.9 Å². The van der Waals surface area contributed by atoms with Crippen molar-refractivity contribution in [1.82, 2.24) is 4.31 Å². The van der Waals surface area contributed by atoms with Gasteiger partial charge in [-0.15, -0.1) is 17.9 Å². The minimum Gasteiger partial charge on any atom is -0.212 e. The number of thiophene rings is 1. The molecule has 21 heavy (non-hydrogen) atoms. The van der Waals surface area contributed by atoms with E-state index in [0.29, 0.717) is 23.3 Å². The van der Waals surface area contributed by atoms with E-state index in [9.17, 15) is 8.42 Å². The molecule has 2 rings (SSSR count). The molecule has 0 aromatic carbocycles. The van der Waals surface area contributed by atoms with E-state index >= 15 is 0 Å². The van der Waals surface area contributed by atoms with E-state index in [1.807, 2.05) is 6.07 Å². The molecular weight excluding hydrogens is 326 g/mol. The van der Waals surface area contributed by atoms with E-state index in [-0.39, 0.29) is 5.75 Å². The molecule has 0 saturated heterocycles. The van der Waals surface area contributed by atoms with Crippen molar-refractivity contribution >= 4 is 33.0 Å². The Hall–Kier alpha value is -0.360. The highest BCUT2D eigenvalue weighted by Crippen LogP contribution is 2.27. The maximum absolute atomic E-state index is 12.6. The summed E-state index contributed by atoms with van der Waals surface area (Å²) in [6, 6.07) is 3.70. The molecule has 0 unspecified atom stereocenters. The molecule has 1 aliphatic carbocycles. The van der Waals surface area contributed by atoms with Gasteiger partial charge < -0.3 is 0 Å². The van der Waals surface area contributed by atoms with Crippen molar-refractivity contribution in [2.75, 3.05) is 12.3 Å². The topological polar surface area (TPSA) is 37.4 Å². The molecule has 0 aliphatic heterocycles. The third kappa shape index (κ3) is 5.09. The maximum Gasteiger partial charge on any atom is 0.214 e. The third-order valence-corrected chi connectivity index (χ3v) is 7.03. The van der Waals surface area contributed by atoms with E-state index in [1.165, 1.54) is 22.1 Å². The Kier molecular flexibility index (Phi) is 6.29. The molecule has 0 atom stereocenters. The first-order valence-electron chi connectivity index (χ1n) is 7.34. The summed E-state index contributed by atoms with van der Waals surface area (Å²) in [6.07, 6.45) is 7.26. The summed E-state index contributed by atoms with van der Waals surface area (Å²) >= 11 is 7.35. The van der Waals surface area contributed by atoms with Crippen molar-refractivity contribution in [3.05, 3.63) is 34.0 Å². The number of halogens is 1. The summed E-state index contributed by atoms with van der Waals surface area (Å²) in [6.45, 7) is 4.42. The molecule has 1 saturated carbocycles. The molecule has 1 aliphatic rings. The van der Waals surface area contributed by atoms with Gasteiger partial charge in [-0.05, 0) is 30.9 Å². The lowest BCUT2D eigenvalue weighted by atomic mass is 9.91. The molecule has 6 heteroatoms. The second kappa shape index (κ2) is 7.77. The van der Waals surface area contributed by atoms with E-state index < -0.39 is 10.0 Å². The highest BCUT2D eigenvalue weighted by Gasteiger charge is 2.27. The van der Waals surface area contributed by atoms with Gasteiger partial charge in [0.15, 0.2) is 0 Å². The van der Waals surface area contributed by atoms with Crippen LogP contribution in [0.15, 0.2) is 24.8 Å². The Bertz CT molecular complexity index is 562. The van der Waals surface area contributed by atoms with Gasteiger partial charge in [-0.1, -0.05) is 36.9 Å². The molecule has 0 spiro atoms. The fraction of sp³-hybridized carbons (Fsp3) is 0.600. The number of sulfonamides is 1. The minimum absolute atomic E-state index is 0.264. The zero-order valence-corrected chi connectivity index (χ0v) is 14.5. The molecule has 3 nitrogen and oxygen atoms in total. The largest absolute Gasteiger partial charge is 0.214 e. The Labute approximate surface area is 136 Å². The van der Waals surface area contributed by atoms with E-state index in [1.54, 1.807) is 12.1 Å². The van der Waals surface area contributed by atoms with Crippen LogP contribution in [0.25, 0.3) is 0 Å². The average Bonchev–Trinajstić information content (AvgIpc) is 2.84. The summed E-state index contributed by atoms with van der Waals surface area (Å²) in [5.41, 5.74) is 0. The fourth-order valence-corrected chi connectivity index (χ4v) is 5.78. The Morgan fingerprint density at radius 1 is 1.33 bits per heavy atom. The Balaban J connectivity index is 2.05. The van der Waals surface area contributed by atoms with Gasteiger partial charge >= 0.3 is 0 Å². The SMILES string of the molecule is C=CCN(Cc1ccc(Cl)s1)S(=O)(=O)CC1CCCCC1. The van der Waals surface area contributed by atoms with Crippen LogP contribution < -0.4 is 0 Å². The first-order chi connectivity index (χ1) is 10.0. The molecule has 0 bridgehead atoms. The van der Waals surface area contributed by atoms with Crippen LogP contribution in [-0.4, -0.2) is 25.0 Å². The van der Waals surface area contributed by atoms with Gasteiger partial charge in [0.25, 0.3) is 0 Å². The molecule has 1 heterocycles. The van der Waals surface area contributed by atoms with Crippen LogP contribution in [0.5, 0.6) is 0 Å². The van der Waals surface area contributed by atoms with Gasteiger partial charge in [0.05, 0.1) is 10.1 Å². The van der Waals surface area contributed by atoms with Gasteiger partial charge in [-0.25, -0.2) is 8.42 Å². The van der Waals surface area contributed by atoms with E-state index in [4.69, 9.17) is 11.6 Å². The molecule has 0 radical (unpaired) electrons. The van der Waals surface area contributed by atoms with Crippen LogP contribution in [0.4, 0.5) is 0 Å². The van der Waals surface area contributed by atoms with Gasteiger partial charge in [-0.3, -0.25) is 0 Å². The summed E-state index contributed by atoms with van der Waals surface area (Å²) in [7, 11) is -3.25. The second-order valence-corrected chi connectivity index (χ2v) is 9.38. The molecule has 1 fully saturated rings. The number of rotatable bonds is 7. The molecule has 0 amide bonds. The first-order valence-corrected chi connectivity index (χ1v) is 10.1. The van der Waals surface area contributed by atoms with E-state index in [2.05, 4.69) is 6.58 Å². The van der Waals surface area contributed by atoms with Crippen molar-refractivity contribution in [2.24, 2.45) is 5.92 Å². The van der Waals surface area contributed by atoms with Gasteiger partial charge in [0, 0.05) is 18.0 Å². The Morgan fingerprint density at radius 2 is 2.05 bits per heavy atom. The summed E-state index contributed by atoms with van der Waals surface area (Å²) in [4.78, 5) is 0.967. The Morgan fingerprint density at radius 3 is 2.62 bits per heavy atom. The molecule has 118 valence electrons. The van der Waals surface area contributed by atoms with Crippen molar-refractivity contribution in [2.45, 2.75) is 38.6 Å². The number of hydrogen-bond donors (Lipinski definition) is 0. The molecule has 0 N–H and O–H groups in total. The van der Waals surface area contributed by atoms with Crippen LogP contribution in [0.2, 0.25) is 4.34 Å². The van der Waals surface area contributed by atoms with Gasteiger partial charge in [0.1, 0.15) is 0 Å². The lowest BCUT2D eigenvalue weighted by molar-refractivity contribution is 0.371. The number of hydrogen-bond acceptors (Lipinski definition) is 3. The molecule has 1 aromatic rings. The highest BCUT2D eigenvalue weighted by molar-refractivity contribution is 7.89. The van der Waals surface area contributed by atoms with Crippen molar-refractivity contribution in [1.29, 1.82) is 0 Å². The normalized spacial score (nSPS) is 17.2. The summed E-state index contributed by atoms with van der Waals surface area (Å²) < 4.78 is 27.5. The zero-order valence-electron chi connectivity index (χ0n) is 12.1. The van der Waals surface area contributed by atoms with Crippen LogP contribution in [0, 0.1) is 5.92 Å². The minimum atomic E-state index is -3.25. The van der Waals surface area contributed by atoms with Crippen molar-refractivity contribution in [3.8, 4) is 0 Å². The predicted molar refractivity (Wildman–Crippen MR) is 90.3 cm³/mol. The van der Waals surface area contributed by atoms with Gasteiger partial charge in [-0.2, -0.15) is 4.31 Å². The lowest BCUT2D eigenvalue weighted by Gasteiger charge is -2.26. The molecular formula is C15H22ClNO2S2.